The first-order valence-electron chi connectivity index (χ1n) is 6.17. The third kappa shape index (κ3) is 2.93. The normalized spacial score (nSPS) is 11.6. The number of benzene rings is 1. The highest BCUT2D eigenvalue weighted by Gasteiger charge is 2.28. The summed E-state index contributed by atoms with van der Waals surface area (Å²) in [6.45, 7) is 0. The minimum Gasteiger partial charge on any atom is -0.469 e. The first kappa shape index (κ1) is 13.6. The lowest BCUT2D eigenvalue weighted by Crippen LogP contribution is -2.14. The van der Waals surface area contributed by atoms with Crippen LogP contribution in [-0.2, 0) is 0 Å². The number of hydrogen-bond acceptors (Lipinski definition) is 4. The summed E-state index contributed by atoms with van der Waals surface area (Å²) in [4.78, 5) is 12.2. The molecule has 1 aromatic carbocycles. The highest BCUT2D eigenvalue weighted by Crippen LogP contribution is 2.29. The molecule has 0 saturated carbocycles. The van der Waals surface area contributed by atoms with Crippen LogP contribution in [-0.4, -0.2) is 5.78 Å². The molecular weight excluding hydrogens is 252 g/mol. The Balaban J connectivity index is 2.24. The zero-order chi connectivity index (χ0) is 14.4. The Morgan fingerprint density at radius 3 is 2.35 bits per heavy atom. The summed E-state index contributed by atoms with van der Waals surface area (Å²) in [7, 11) is 0. The molecule has 4 heteroatoms. The van der Waals surface area contributed by atoms with E-state index in [9.17, 15) is 4.79 Å². The molecule has 0 aliphatic carbocycles. The fourth-order valence-corrected chi connectivity index (χ4v) is 2.04. The van der Waals surface area contributed by atoms with Gasteiger partial charge in [-0.3, -0.25) is 4.79 Å². The van der Waals surface area contributed by atoms with Crippen molar-refractivity contribution in [2.45, 2.75) is 12.3 Å². The van der Waals surface area contributed by atoms with Crippen LogP contribution in [0.5, 0.6) is 0 Å². The molecule has 0 aliphatic heterocycles. The van der Waals surface area contributed by atoms with Crippen LogP contribution < -0.4 is 0 Å². The SMILES string of the molecule is N#CC(C#N)[C@H](CC(=O)c1ccccc1)c1ccco1. The molecule has 0 spiro atoms. The van der Waals surface area contributed by atoms with Gasteiger partial charge in [-0.2, -0.15) is 10.5 Å². The Bertz CT molecular complexity index is 634. The summed E-state index contributed by atoms with van der Waals surface area (Å²) in [6, 6.07) is 16.0. The number of furan rings is 1. The fraction of sp³-hybridized carbons (Fsp3) is 0.188. The predicted molar refractivity (Wildman–Crippen MR) is 71.6 cm³/mol. The van der Waals surface area contributed by atoms with Crippen molar-refractivity contribution < 1.29 is 9.21 Å². The molecular formula is C16H12N2O2. The van der Waals surface area contributed by atoms with Gasteiger partial charge in [-0.1, -0.05) is 30.3 Å². The van der Waals surface area contributed by atoms with E-state index in [1.807, 2.05) is 18.2 Å². The zero-order valence-corrected chi connectivity index (χ0v) is 10.7. The van der Waals surface area contributed by atoms with E-state index in [2.05, 4.69) is 0 Å². The zero-order valence-electron chi connectivity index (χ0n) is 10.7. The van der Waals surface area contributed by atoms with E-state index < -0.39 is 11.8 Å². The van der Waals surface area contributed by atoms with E-state index >= 15 is 0 Å². The third-order valence-electron chi connectivity index (χ3n) is 3.09. The van der Waals surface area contributed by atoms with E-state index in [1.165, 1.54) is 6.26 Å². The van der Waals surface area contributed by atoms with Crippen LogP contribution in [0.15, 0.2) is 53.1 Å². The standard InChI is InChI=1S/C16H12N2O2/c17-10-13(11-18)14(16-7-4-8-20-16)9-15(19)12-5-2-1-3-6-12/h1-8,13-14H,9H2/t14-/m0/s1. The number of Topliss-reactive ketones (excluding diaryl/α,β-unsaturated/α-hetero) is 1. The van der Waals surface area contributed by atoms with E-state index in [-0.39, 0.29) is 12.2 Å². The van der Waals surface area contributed by atoms with Gasteiger partial charge in [0, 0.05) is 12.0 Å². The van der Waals surface area contributed by atoms with Gasteiger partial charge in [0.2, 0.25) is 0 Å². The molecule has 2 rings (SSSR count). The molecule has 2 aromatic rings. The molecule has 1 aromatic heterocycles. The molecule has 0 unspecified atom stereocenters. The maximum absolute atomic E-state index is 12.2. The molecule has 0 amide bonds. The molecule has 0 saturated heterocycles. The number of carbonyl (C=O) groups is 1. The summed E-state index contributed by atoms with van der Waals surface area (Å²) in [5.41, 5.74) is 0.568. The fourth-order valence-electron chi connectivity index (χ4n) is 2.04. The van der Waals surface area contributed by atoms with Gasteiger partial charge in [0.05, 0.1) is 24.3 Å². The summed E-state index contributed by atoms with van der Waals surface area (Å²) in [6.07, 6.45) is 1.55. The molecule has 0 radical (unpaired) electrons. The van der Waals surface area contributed by atoms with Crippen LogP contribution >= 0.6 is 0 Å². The summed E-state index contributed by atoms with van der Waals surface area (Å²) < 4.78 is 5.26. The van der Waals surface area contributed by atoms with Crippen LogP contribution in [0.3, 0.4) is 0 Å². The maximum Gasteiger partial charge on any atom is 0.163 e. The summed E-state index contributed by atoms with van der Waals surface area (Å²) in [5.74, 6) is -1.08. The number of rotatable bonds is 5. The van der Waals surface area contributed by atoms with Crippen molar-refractivity contribution in [3.05, 3.63) is 60.1 Å². The molecule has 0 N–H and O–H groups in total. The van der Waals surface area contributed by atoms with Crippen molar-refractivity contribution >= 4 is 5.78 Å². The van der Waals surface area contributed by atoms with Gasteiger partial charge in [0.1, 0.15) is 11.7 Å². The average molecular weight is 264 g/mol. The van der Waals surface area contributed by atoms with E-state index in [1.54, 1.807) is 36.4 Å². The molecule has 98 valence electrons. The van der Waals surface area contributed by atoms with Crippen molar-refractivity contribution in [1.29, 1.82) is 10.5 Å². The molecule has 0 fully saturated rings. The molecule has 20 heavy (non-hydrogen) atoms. The van der Waals surface area contributed by atoms with Gasteiger partial charge >= 0.3 is 0 Å². The number of ketones is 1. The Morgan fingerprint density at radius 1 is 1.10 bits per heavy atom. The van der Waals surface area contributed by atoms with Gasteiger partial charge in [-0.25, -0.2) is 0 Å². The molecule has 0 aliphatic rings. The second kappa shape index (κ2) is 6.36. The lowest BCUT2D eigenvalue weighted by Gasteiger charge is -2.14. The van der Waals surface area contributed by atoms with Crippen LogP contribution in [0.25, 0.3) is 0 Å². The number of carbonyl (C=O) groups excluding carboxylic acids is 1. The van der Waals surface area contributed by atoms with Crippen molar-refractivity contribution in [1.82, 2.24) is 0 Å². The van der Waals surface area contributed by atoms with E-state index in [0.717, 1.165) is 0 Å². The Morgan fingerprint density at radius 2 is 1.80 bits per heavy atom. The van der Waals surface area contributed by atoms with Gasteiger partial charge in [-0.05, 0) is 12.1 Å². The highest BCUT2D eigenvalue weighted by atomic mass is 16.3. The Labute approximate surface area is 116 Å². The lowest BCUT2D eigenvalue weighted by atomic mass is 9.86. The van der Waals surface area contributed by atoms with Gasteiger partial charge in [-0.15, -0.1) is 0 Å². The van der Waals surface area contributed by atoms with Crippen LogP contribution in [0.2, 0.25) is 0 Å². The molecule has 4 nitrogen and oxygen atoms in total. The predicted octanol–water partition coefficient (Wildman–Crippen LogP) is 3.30. The van der Waals surface area contributed by atoms with Gasteiger partial charge in [0.25, 0.3) is 0 Å². The third-order valence-corrected chi connectivity index (χ3v) is 3.09. The summed E-state index contributed by atoms with van der Waals surface area (Å²) in [5, 5.41) is 18.1. The van der Waals surface area contributed by atoms with Gasteiger partial charge in [0.15, 0.2) is 5.78 Å². The first-order valence-corrected chi connectivity index (χ1v) is 6.17. The average Bonchev–Trinajstić information content (AvgIpc) is 3.02. The maximum atomic E-state index is 12.2. The molecule has 1 heterocycles. The Kier molecular flexibility index (Phi) is 4.32. The lowest BCUT2D eigenvalue weighted by molar-refractivity contribution is 0.0967. The summed E-state index contributed by atoms with van der Waals surface area (Å²) >= 11 is 0. The number of nitrogens with zero attached hydrogens (tertiary/aromatic N) is 2. The Hall–Kier alpha value is -2.85. The van der Waals surface area contributed by atoms with Crippen LogP contribution in [0.1, 0.15) is 28.5 Å². The molecule has 1 atom stereocenters. The first-order chi connectivity index (χ1) is 9.76. The quantitative estimate of drug-likeness (QED) is 0.776. The minimum absolute atomic E-state index is 0.0727. The highest BCUT2D eigenvalue weighted by molar-refractivity contribution is 5.96. The monoisotopic (exact) mass is 264 g/mol. The topological polar surface area (TPSA) is 77.8 Å². The van der Waals surface area contributed by atoms with Crippen molar-refractivity contribution in [3.63, 3.8) is 0 Å². The second-order valence-corrected chi connectivity index (χ2v) is 4.35. The van der Waals surface area contributed by atoms with Gasteiger partial charge < -0.3 is 4.42 Å². The van der Waals surface area contributed by atoms with Crippen LogP contribution in [0, 0.1) is 28.6 Å². The van der Waals surface area contributed by atoms with Crippen molar-refractivity contribution in [2.75, 3.05) is 0 Å². The van der Waals surface area contributed by atoms with Crippen molar-refractivity contribution in [3.8, 4) is 12.1 Å². The largest absolute Gasteiger partial charge is 0.469 e. The van der Waals surface area contributed by atoms with E-state index in [0.29, 0.717) is 11.3 Å². The van der Waals surface area contributed by atoms with E-state index in [4.69, 9.17) is 14.9 Å². The number of nitriles is 2. The van der Waals surface area contributed by atoms with Crippen molar-refractivity contribution in [2.24, 2.45) is 5.92 Å². The smallest absolute Gasteiger partial charge is 0.163 e. The van der Waals surface area contributed by atoms with Crippen LogP contribution in [0.4, 0.5) is 0 Å². The number of hydrogen-bond donors (Lipinski definition) is 0. The second-order valence-electron chi connectivity index (χ2n) is 4.35. The minimum atomic E-state index is -0.909. The molecule has 0 bridgehead atoms.